The molecule has 1 aromatic carbocycles. The minimum atomic E-state index is -0.155. The van der Waals surface area contributed by atoms with Crippen LogP contribution in [0.5, 0.6) is 0 Å². The highest BCUT2D eigenvalue weighted by Gasteiger charge is 2.13. The predicted octanol–water partition coefficient (Wildman–Crippen LogP) is 2.64. The number of hydrogen-bond donors (Lipinski definition) is 0. The molecule has 3 nitrogen and oxygen atoms in total. The van der Waals surface area contributed by atoms with E-state index in [1.807, 2.05) is 12.1 Å². The fourth-order valence-electron chi connectivity index (χ4n) is 1.96. The molecule has 0 saturated carbocycles. The number of methoxy groups -OCH3 is 1. The van der Waals surface area contributed by atoms with Gasteiger partial charge in [0.1, 0.15) is 0 Å². The second-order valence-corrected chi connectivity index (χ2v) is 5.37. The molecule has 1 amide bonds. The standard InChI is InChI=1S/C15H22ClNO2/c1-12-6-4-5-7-13(12)8-9-15(18)17(2)10-14(16)11-19-3/h4-7,14H,8-11H2,1-3H3. The van der Waals surface area contributed by atoms with Gasteiger partial charge in [-0.1, -0.05) is 24.3 Å². The van der Waals surface area contributed by atoms with Crippen molar-refractivity contribution in [3.8, 4) is 0 Å². The van der Waals surface area contributed by atoms with Crippen molar-refractivity contribution in [1.82, 2.24) is 4.90 Å². The number of amides is 1. The van der Waals surface area contributed by atoms with Crippen LogP contribution in [0.3, 0.4) is 0 Å². The summed E-state index contributed by atoms with van der Waals surface area (Å²) in [7, 11) is 3.39. The third-order valence-corrected chi connectivity index (χ3v) is 3.38. The van der Waals surface area contributed by atoms with Crippen molar-refractivity contribution in [3.05, 3.63) is 35.4 Å². The Balaban J connectivity index is 2.40. The highest BCUT2D eigenvalue weighted by molar-refractivity contribution is 6.21. The van der Waals surface area contributed by atoms with Crippen molar-refractivity contribution in [2.75, 3.05) is 27.3 Å². The van der Waals surface area contributed by atoms with Gasteiger partial charge in [-0.3, -0.25) is 4.79 Å². The Morgan fingerprint density at radius 3 is 2.74 bits per heavy atom. The van der Waals surface area contributed by atoms with E-state index in [9.17, 15) is 4.79 Å². The Hall–Kier alpha value is -1.06. The summed E-state index contributed by atoms with van der Waals surface area (Å²) in [6.45, 7) is 3.04. The van der Waals surface area contributed by atoms with Gasteiger partial charge in [0, 0.05) is 27.1 Å². The van der Waals surface area contributed by atoms with Crippen molar-refractivity contribution in [1.29, 1.82) is 0 Å². The first kappa shape index (κ1) is 16.0. The van der Waals surface area contributed by atoms with E-state index in [-0.39, 0.29) is 11.3 Å². The average Bonchev–Trinajstić information content (AvgIpc) is 2.37. The second kappa shape index (κ2) is 8.18. The maximum atomic E-state index is 12.0. The van der Waals surface area contributed by atoms with Crippen LogP contribution in [0, 0.1) is 6.92 Å². The zero-order valence-electron chi connectivity index (χ0n) is 11.9. The quantitative estimate of drug-likeness (QED) is 0.720. The molecule has 1 atom stereocenters. The highest BCUT2D eigenvalue weighted by atomic mass is 35.5. The summed E-state index contributed by atoms with van der Waals surface area (Å²) in [4.78, 5) is 13.7. The normalized spacial score (nSPS) is 12.2. The zero-order chi connectivity index (χ0) is 14.3. The third kappa shape index (κ3) is 5.62. The first-order chi connectivity index (χ1) is 9.04. The van der Waals surface area contributed by atoms with Crippen LogP contribution in [0.25, 0.3) is 0 Å². The molecular weight excluding hydrogens is 262 g/mol. The van der Waals surface area contributed by atoms with Crippen molar-refractivity contribution in [3.63, 3.8) is 0 Å². The molecule has 106 valence electrons. The number of ether oxygens (including phenoxy) is 1. The Morgan fingerprint density at radius 1 is 1.42 bits per heavy atom. The first-order valence-electron chi connectivity index (χ1n) is 6.46. The van der Waals surface area contributed by atoms with Gasteiger partial charge in [-0.2, -0.15) is 0 Å². The molecule has 0 saturated heterocycles. The Labute approximate surface area is 120 Å². The Kier molecular flexibility index (Phi) is 6.89. The molecule has 1 rings (SSSR count). The number of rotatable bonds is 7. The van der Waals surface area contributed by atoms with Crippen LogP contribution < -0.4 is 0 Å². The smallest absolute Gasteiger partial charge is 0.222 e. The predicted molar refractivity (Wildman–Crippen MR) is 78.7 cm³/mol. The van der Waals surface area contributed by atoms with Gasteiger partial charge in [0.05, 0.1) is 12.0 Å². The molecule has 0 aliphatic rings. The van der Waals surface area contributed by atoms with E-state index in [1.54, 1.807) is 19.1 Å². The molecule has 0 N–H and O–H groups in total. The maximum Gasteiger partial charge on any atom is 0.222 e. The Morgan fingerprint density at radius 2 is 2.11 bits per heavy atom. The van der Waals surface area contributed by atoms with E-state index in [1.165, 1.54) is 11.1 Å². The van der Waals surface area contributed by atoms with Gasteiger partial charge in [0.2, 0.25) is 5.91 Å². The summed E-state index contributed by atoms with van der Waals surface area (Å²) in [5.41, 5.74) is 2.45. The van der Waals surface area contributed by atoms with Crippen LogP contribution in [-0.2, 0) is 16.0 Å². The van der Waals surface area contributed by atoms with Crippen LogP contribution in [0.15, 0.2) is 24.3 Å². The fourth-order valence-corrected chi connectivity index (χ4v) is 2.29. The number of benzene rings is 1. The first-order valence-corrected chi connectivity index (χ1v) is 6.89. The number of carbonyl (C=O) groups excluding carboxylic acids is 1. The topological polar surface area (TPSA) is 29.5 Å². The summed E-state index contributed by atoms with van der Waals surface area (Å²) in [5.74, 6) is 0.116. The molecule has 1 unspecified atom stereocenters. The summed E-state index contributed by atoms with van der Waals surface area (Å²) in [6, 6.07) is 8.15. The SMILES string of the molecule is COCC(Cl)CN(C)C(=O)CCc1ccccc1C. The van der Waals surface area contributed by atoms with Crippen molar-refractivity contribution < 1.29 is 9.53 Å². The monoisotopic (exact) mass is 283 g/mol. The number of hydrogen-bond acceptors (Lipinski definition) is 2. The van der Waals surface area contributed by atoms with Gasteiger partial charge in [-0.05, 0) is 24.5 Å². The van der Waals surface area contributed by atoms with Crippen molar-refractivity contribution in [2.24, 2.45) is 0 Å². The highest BCUT2D eigenvalue weighted by Crippen LogP contribution is 2.10. The lowest BCUT2D eigenvalue weighted by atomic mass is 10.0. The van der Waals surface area contributed by atoms with Crippen molar-refractivity contribution >= 4 is 17.5 Å². The number of nitrogens with zero attached hydrogens (tertiary/aromatic N) is 1. The second-order valence-electron chi connectivity index (χ2n) is 4.75. The van der Waals surface area contributed by atoms with Crippen molar-refractivity contribution in [2.45, 2.75) is 25.1 Å². The van der Waals surface area contributed by atoms with Crippen LogP contribution in [-0.4, -0.2) is 43.5 Å². The molecule has 4 heteroatoms. The number of halogens is 1. The van der Waals surface area contributed by atoms with E-state index < -0.39 is 0 Å². The average molecular weight is 284 g/mol. The van der Waals surface area contributed by atoms with Gasteiger partial charge in [-0.25, -0.2) is 0 Å². The molecule has 1 aromatic rings. The summed E-state index contributed by atoms with van der Waals surface area (Å²) >= 11 is 6.04. The molecule has 0 aliphatic heterocycles. The van der Waals surface area contributed by atoms with E-state index in [0.29, 0.717) is 19.6 Å². The number of aryl methyl sites for hydroxylation is 2. The van der Waals surface area contributed by atoms with Gasteiger partial charge in [0.25, 0.3) is 0 Å². The lowest BCUT2D eigenvalue weighted by Gasteiger charge is -2.20. The maximum absolute atomic E-state index is 12.0. The third-order valence-electron chi connectivity index (χ3n) is 3.11. The molecule has 0 heterocycles. The molecular formula is C15H22ClNO2. The largest absolute Gasteiger partial charge is 0.383 e. The van der Waals surface area contributed by atoms with Gasteiger partial charge < -0.3 is 9.64 Å². The van der Waals surface area contributed by atoms with Crippen LogP contribution in [0.1, 0.15) is 17.5 Å². The van der Waals surface area contributed by atoms with E-state index in [2.05, 4.69) is 19.1 Å². The van der Waals surface area contributed by atoms with Gasteiger partial charge >= 0.3 is 0 Å². The molecule has 19 heavy (non-hydrogen) atoms. The lowest BCUT2D eigenvalue weighted by Crippen LogP contribution is -2.34. The lowest BCUT2D eigenvalue weighted by molar-refractivity contribution is -0.129. The minimum absolute atomic E-state index is 0.116. The molecule has 0 spiro atoms. The summed E-state index contributed by atoms with van der Waals surface area (Å²) in [6.07, 6.45) is 1.28. The Bertz CT molecular complexity index is 409. The minimum Gasteiger partial charge on any atom is -0.383 e. The van der Waals surface area contributed by atoms with E-state index in [4.69, 9.17) is 16.3 Å². The molecule has 0 aliphatic carbocycles. The molecule has 0 bridgehead atoms. The number of alkyl halides is 1. The van der Waals surface area contributed by atoms with Crippen LogP contribution in [0.4, 0.5) is 0 Å². The molecule has 0 fully saturated rings. The summed E-state index contributed by atoms with van der Waals surface area (Å²) < 4.78 is 4.96. The number of carbonyl (C=O) groups is 1. The van der Waals surface area contributed by atoms with Crippen LogP contribution in [0.2, 0.25) is 0 Å². The van der Waals surface area contributed by atoms with Crippen LogP contribution >= 0.6 is 11.6 Å². The zero-order valence-corrected chi connectivity index (χ0v) is 12.6. The molecule has 0 radical (unpaired) electrons. The van der Waals surface area contributed by atoms with E-state index >= 15 is 0 Å². The molecule has 0 aromatic heterocycles. The van der Waals surface area contributed by atoms with Gasteiger partial charge in [-0.15, -0.1) is 11.6 Å². The van der Waals surface area contributed by atoms with E-state index in [0.717, 1.165) is 6.42 Å². The van der Waals surface area contributed by atoms with Gasteiger partial charge in [0.15, 0.2) is 0 Å². The summed E-state index contributed by atoms with van der Waals surface area (Å²) in [5, 5.41) is -0.155. The fraction of sp³-hybridized carbons (Fsp3) is 0.533.